The SMILES string of the molecule is CCNCc1ccc(Sc2ncnc3nc[nH]c23)c(F)c1. The maximum absolute atomic E-state index is 14.2. The molecule has 0 saturated heterocycles. The van der Waals surface area contributed by atoms with E-state index in [0.717, 1.165) is 17.6 Å². The zero-order valence-electron chi connectivity index (χ0n) is 11.4. The van der Waals surface area contributed by atoms with E-state index in [9.17, 15) is 4.39 Å². The molecule has 2 N–H and O–H groups in total. The van der Waals surface area contributed by atoms with Gasteiger partial charge in [0.05, 0.1) is 6.33 Å². The number of aromatic amines is 1. The molecule has 0 amide bonds. The van der Waals surface area contributed by atoms with Crippen LogP contribution in [0.3, 0.4) is 0 Å². The molecule has 0 aliphatic heterocycles. The number of H-pyrrole nitrogens is 1. The number of rotatable bonds is 5. The molecule has 2 heterocycles. The predicted octanol–water partition coefficient (Wildman–Crippen LogP) is 2.75. The van der Waals surface area contributed by atoms with Gasteiger partial charge in [-0.25, -0.2) is 19.3 Å². The molecule has 1 aromatic carbocycles. The maximum Gasteiger partial charge on any atom is 0.181 e. The number of aromatic nitrogens is 4. The van der Waals surface area contributed by atoms with Crippen LogP contribution in [0.1, 0.15) is 12.5 Å². The van der Waals surface area contributed by atoms with Crippen molar-refractivity contribution in [3.05, 3.63) is 42.2 Å². The molecule has 7 heteroatoms. The van der Waals surface area contributed by atoms with Gasteiger partial charge in [0, 0.05) is 11.4 Å². The van der Waals surface area contributed by atoms with Gasteiger partial charge in [0.1, 0.15) is 22.7 Å². The van der Waals surface area contributed by atoms with Crippen LogP contribution in [0.5, 0.6) is 0 Å². The summed E-state index contributed by atoms with van der Waals surface area (Å²) in [6.07, 6.45) is 2.99. The Labute approximate surface area is 125 Å². The van der Waals surface area contributed by atoms with Gasteiger partial charge in [-0.15, -0.1) is 0 Å². The monoisotopic (exact) mass is 303 g/mol. The zero-order chi connectivity index (χ0) is 14.7. The Morgan fingerprint density at radius 1 is 1.29 bits per heavy atom. The van der Waals surface area contributed by atoms with Gasteiger partial charge in [-0.3, -0.25) is 0 Å². The van der Waals surface area contributed by atoms with Crippen LogP contribution in [0.25, 0.3) is 11.2 Å². The first-order chi connectivity index (χ1) is 10.3. The highest BCUT2D eigenvalue weighted by atomic mass is 32.2. The van der Waals surface area contributed by atoms with E-state index in [2.05, 4.69) is 25.3 Å². The number of halogens is 1. The summed E-state index contributed by atoms with van der Waals surface area (Å²) >= 11 is 1.26. The molecule has 0 aliphatic carbocycles. The van der Waals surface area contributed by atoms with Gasteiger partial charge in [-0.05, 0) is 24.2 Å². The largest absolute Gasteiger partial charge is 0.341 e. The summed E-state index contributed by atoms with van der Waals surface area (Å²) in [7, 11) is 0. The van der Waals surface area contributed by atoms with E-state index in [4.69, 9.17) is 0 Å². The Morgan fingerprint density at radius 2 is 2.19 bits per heavy atom. The maximum atomic E-state index is 14.2. The van der Waals surface area contributed by atoms with Crippen LogP contribution in [-0.2, 0) is 6.54 Å². The summed E-state index contributed by atoms with van der Waals surface area (Å²) in [4.78, 5) is 15.8. The molecule has 0 atom stereocenters. The molecular formula is C14H14FN5S. The zero-order valence-corrected chi connectivity index (χ0v) is 12.2. The van der Waals surface area contributed by atoms with Crippen molar-refractivity contribution in [2.75, 3.05) is 6.54 Å². The van der Waals surface area contributed by atoms with Crippen LogP contribution in [0, 0.1) is 5.82 Å². The van der Waals surface area contributed by atoms with E-state index in [0.29, 0.717) is 22.1 Å². The summed E-state index contributed by atoms with van der Waals surface area (Å²) in [6.45, 7) is 3.54. The fourth-order valence-electron chi connectivity index (χ4n) is 1.93. The van der Waals surface area contributed by atoms with Crippen LogP contribution in [0.2, 0.25) is 0 Å². The van der Waals surface area contributed by atoms with Crippen molar-refractivity contribution in [3.8, 4) is 0 Å². The minimum atomic E-state index is -0.248. The van der Waals surface area contributed by atoms with Gasteiger partial charge in [-0.1, -0.05) is 24.8 Å². The van der Waals surface area contributed by atoms with Crippen molar-refractivity contribution in [3.63, 3.8) is 0 Å². The first-order valence-corrected chi connectivity index (χ1v) is 7.40. The Bertz CT molecular complexity index is 758. The lowest BCUT2D eigenvalue weighted by molar-refractivity contribution is 0.596. The van der Waals surface area contributed by atoms with Gasteiger partial charge in [0.15, 0.2) is 5.65 Å². The van der Waals surface area contributed by atoms with E-state index in [1.165, 1.54) is 18.1 Å². The number of hydrogen-bond acceptors (Lipinski definition) is 5. The van der Waals surface area contributed by atoms with E-state index in [-0.39, 0.29) is 5.82 Å². The molecular weight excluding hydrogens is 289 g/mol. The molecule has 0 radical (unpaired) electrons. The number of fused-ring (bicyclic) bond motifs is 1. The second-order valence-corrected chi connectivity index (χ2v) is 5.46. The highest BCUT2D eigenvalue weighted by molar-refractivity contribution is 7.99. The Balaban J connectivity index is 1.86. The average Bonchev–Trinajstić information content (AvgIpc) is 2.97. The first-order valence-electron chi connectivity index (χ1n) is 6.59. The van der Waals surface area contributed by atoms with Crippen molar-refractivity contribution in [2.24, 2.45) is 0 Å². The molecule has 108 valence electrons. The molecule has 3 rings (SSSR count). The Morgan fingerprint density at radius 3 is 3.00 bits per heavy atom. The number of benzene rings is 1. The van der Waals surface area contributed by atoms with Gasteiger partial charge >= 0.3 is 0 Å². The third-order valence-corrected chi connectivity index (χ3v) is 4.02. The molecule has 0 aliphatic rings. The van der Waals surface area contributed by atoms with Crippen molar-refractivity contribution >= 4 is 22.9 Å². The molecule has 0 fully saturated rings. The van der Waals surface area contributed by atoms with Gasteiger partial charge < -0.3 is 10.3 Å². The predicted molar refractivity (Wildman–Crippen MR) is 79.6 cm³/mol. The topological polar surface area (TPSA) is 66.5 Å². The van der Waals surface area contributed by atoms with E-state index >= 15 is 0 Å². The minimum absolute atomic E-state index is 0.248. The average molecular weight is 303 g/mol. The number of hydrogen-bond donors (Lipinski definition) is 2. The number of nitrogens with one attached hydrogen (secondary N) is 2. The quantitative estimate of drug-likeness (QED) is 0.709. The summed E-state index contributed by atoms with van der Waals surface area (Å²) in [5.41, 5.74) is 2.23. The van der Waals surface area contributed by atoms with Gasteiger partial charge in [0.2, 0.25) is 0 Å². The van der Waals surface area contributed by atoms with E-state index < -0.39 is 0 Å². The smallest absolute Gasteiger partial charge is 0.181 e. The van der Waals surface area contributed by atoms with Crippen LogP contribution in [0.4, 0.5) is 4.39 Å². The first kappa shape index (κ1) is 14.0. The highest BCUT2D eigenvalue weighted by Crippen LogP contribution is 2.31. The number of nitrogens with zero attached hydrogens (tertiary/aromatic N) is 3. The normalized spacial score (nSPS) is 11.1. The highest BCUT2D eigenvalue weighted by Gasteiger charge is 2.11. The summed E-state index contributed by atoms with van der Waals surface area (Å²) in [5.74, 6) is -0.248. The fourth-order valence-corrected chi connectivity index (χ4v) is 2.78. The molecule has 0 unspecified atom stereocenters. The van der Waals surface area contributed by atoms with Crippen molar-refractivity contribution < 1.29 is 4.39 Å². The Kier molecular flexibility index (Phi) is 4.12. The fraction of sp³-hybridized carbons (Fsp3) is 0.214. The van der Waals surface area contributed by atoms with Gasteiger partial charge in [-0.2, -0.15) is 0 Å². The molecule has 0 spiro atoms. The lowest BCUT2D eigenvalue weighted by Gasteiger charge is -2.06. The number of imidazole rings is 1. The summed E-state index contributed by atoms with van der Waals surface area (Å²) in [5, 5.41) is 3.84. The molecule has 0 saturated carbocycles. The summed E-state index contributed by atoms with van der Waals surface area (Å²) < 4.78 is 14.2. The van der Waals surface area contributed by atoms with Crippen LogP contribution in [-0.4, -0.2) is 26.5 Å². The van der Waals surface area contributed by atoms with Crippen LogP contribution < -0.4 is 5.32 Å². The van der Waals surface area contributed by atoms with Crippen molar-refractivity contribution in [1.29, 1.82) is 0 Å². The van der Waals surface area contributed by atoms with Crippen LogP contribution >= 0.6 is 11.8 Å². The Hall–Kier alpha value is -1.99. The molecule has 3 aromatic rings. The lowest BCUT2D eigenvalue weighted by atomic mass is 10.2. The van der Waals surface area contributed by atoms with Crippen LogP contribution in [0.15, 0.2) is 40.8 Å². The van der Waals surface area contributed by atoms with Crippen molar-refractivity contribution in [2.45, 2.75) is 23.4 Å². The third kappa shape index (κ3) is 3.03. The lowest BCUT2D eigenvalue weighted by Crippen LogP contribution is -2.11. The molecule has 21 heavy (non-hydrogen) atoms. The second-order valence-electron chi connectivity index (χ2n) is 4.43. The third-order valence-electron chi connectivity index (χ3n) is 2.97. The second kappa shape index (κ2) is 6.19. The van der Waals surface area contributed by atoms with E-state index in [1.807, 2.05) is 13.0 Å². The van der Waals surface area contributed by atoms with Gasteiger partial charge in [0.25, 0.3) is 0 Å². The summed E-state index contributed by atoms with van der Waals surface area (Å²) in [6, 6.07) is 5.24. The standard InChI is InChI=1S/C14H14FN5S/c1-2-16-6-9-3-4-11(10(15)5-9)21-14-12-13(18-7-17-12)19-8-20-14/h3-5,7-8,16H,2,6H2,1H3,(H,17,18,19,20). The van der Waals surface area contributed by atoms with E-state index in [1.54, 1.807) is 18.5 Å². The van der Waals surface area contributed by atoms with Crippen molar-refractivity contribution in [1.82, 2.24) is 25.3 Å². The molecule has 5 nitrogen and oxygen atoms in total. The minimum Gasteiger partial charge on any atom is -0.341 e. The molecule has 0 bridgehead atoms. The molecule has 2 aromatic heterocycles.